The third kappa shape index (κ3) is 2.12. The van der Waals surface area contributed by atoms with Crippen molar-refractivity contribution in [3.8, 4) is 11.5 Å². The molecule has 0 aliphatic carbocycles. The molecule has 0 unspecified atom stereocenters. The van der Waals surface area contributed by atoms with Gasteiger partial charge in [-0.2, -0.15) is 4.98 Å². The molecule has 4 nitrogen and oxygen atoms in total. The number of hydrogen-bond acceptors (Lipinski definition) is 4. The van der Waals surface area contributed by atoms with Gasteiger partial charge in [0.1, 0.15) is 0 Å². The Morgan fingerprint density at radius 1 is 1.25 bits per heavy atom. The SMILES string of the molecule is Cc1ccc(-c2nc(CCN)no2)cc1C. The summed E-state index contributed by atoms with van der Waals surface area (Å²) in [5.74, 6) is 1.22. The first-order valence-corrected chi connectivity index (χ1v) is 5.31. The van der Waals surface area contributed by atoms with E-state index in [1.54, 1.807) is 0 Å². The summed E-state index contributed by atoms with van der Waals surface area (Å²) in [4.78, 5) is 4.28. The van der Waals surface area contributed by atoms with Crippen LogP contribution in [0.15, 0.2) is 22.7 Å². The van der Waals surface area contributed by atoms with Crippen LogP contribution in [0.5, 0.6) is 0 Å². The van der Waals surface area contributed by atoms with E-state index in [1.807, 2.05) is 6.07 Å². The number of aryl methyl sites for hydroxylation is 2. The predicted octanol–water partition coefficient (Wildman–Crippen LogP) is 1.85. The molecule has 0 radical (unpaired) electrons. The zero-order chi connectivity index (χ0) is 11.5. The number of aromatic nitrogens is 2. The first-order chi connectivity index (χ1) is 7.70. The maximum Gasteiger partial charge on any atom is 0.257 e. The van der Waals surface area contributed by atoms with Gasteiger partial charge in [0.25, 0.3) is 5.89 Å². The standard InChI is InChI=1S/C12H15N3O/c1-8-3-4-10(7-9(8)2)12-14-11(5-6-13)15-16-12/h3-4,7H,5-6,13H2,1-2H3. The summed E-state index contributed by atoms with van der Waals surface area (Å²) >= 11 is 0. The smallest absolute Gasteiger partial charge is 0.257 e. The van der Waals surface area contributed by atoms with Gasteiger partial charge >= 0.3 is 0 Å². The molecule has 0 saturated heterocycles. The molecule has 0 bridgehead atoms. The second-order valence-electron chi connectivity index (χ2n) is 3.85. The van der Waals surface area contributed by atoms with Crippen LogP contribution in [-0.4, -0.2) is 16.7 Å². The number of hydrogen-bond donors (Lipinski definition) is 1. The molecule has 0 aliphatic heterocycles. The fourth-order valence-corrected chi connectivity index (χ4v) is 1.48. The van der Waals surface area contributed by atoms with E-state index < -0.39 is 0 Å². The summed E-state index contributed by atoms with van der Waals surface area (Å²) in [6.45, 7) is 4.68. The second-order valence-corrected chi connectivity index (χ2v) is 3.85. The molecule has 0 aliphatic rings. The van der Waals surface area contributed by atoms with Crippen LogP contribution in [0.1, 0.15) is 17.0 Å². The highest BCUT2D eigenvalue weighted by molar-refractivity contribution is 5.55. The zero-order valence-electron chi connectivity index (χ0n) is 9.53. The summed E-state index contributed by atoms with van der Waals surface area (Å²) in [5.41, 5.74) is 8.86. The molecule has 0 atom stereocenters. The van der Waals surface area contributed by atoms with Gasteiger partial charge in [-0.1, -0.05) is 11.2 Å². The van der Waals surface area contributed by atoms with Gasteiger partial charge in [-0.25, -0.2) is 0 Å². The van der Waals surface area contributed by atoms with E-state index in [0.29, 0.717) is 24.7 Å². The van der Waals surface area contributed by atoms with Crippen molar-refractivity contribution in [2.45, 2.75) is 20.3 Å². The predicted molar refractivity (Wildman–Crippen MR) is 62.0 cm³/mol. The Balaban J connectivity index is 2.31. The number of rotatable bonds is 3. The quantitative estimate of drug-likeness (QED) is 0.852. The van der Waals surface area contributed by atoms with Crippen LogP contribution in [0.4, 0.5) is 0 Å². The average molecular weight is 217 g/mol. The van der Waals surface area contributed by atoms with E-state index in [2.05, 4.69) is 36.1 Å². The van der Waals surface area contributed by atoms with Gasteiger partial charge in [0.2, 0.25) is 0 Å². The van der Waals surface area contributed by atoms with Gasteiger partial charge < -0.3 is 10.3 Å². The van der Waals surface area contributed by atoms with Crippen LogP contribution in [0, 0.1) is 13.8 Å². The highest BCUT2D eigenvalue weighted by Gasteiger charge is 2.08. The van der Waals surface area contributed by atoms with Crippen LogP contribution < -0.4 is 5.73 Å². The van der Waals surface area contributed by atoms with Crippen molar-refractivity contribution in [3.05, 3.63) is 35.2 Å². The van der Waals surface area contributed by atoms with Crippen molar-refractivity contribution < 1.29 is 4.52 Å². The first kappa shape index (κ1) is 10.8. The topological polar surface area (TPSA) is 64.9 Å². The van der Waals surface area contributed by atoms with Gasteiger partial charge in [-0.05, 0) is 43.7 Å². The van der Waals surface area contributed by atoms with Crippen molar-refractivity contribution in [2.24, 2.45) is 5.73 Å². The maximum atomic E-state index is 5.43. The van der Waals surface area contributed by atoms with Gasteiger partial charge in [0, 0.05) is 12.0 Å². The number of nitrogens with two attached hydrogens (primary N) is 1. The van der Waals surface area contributed by atoms with Gasteiger partial charge in [0.05, 0.1) is 0 Å². The Labute approximate surface area is 94.5 Å². The lowest BCUT2D eigenvalue weighted by atomic mass is 10.1. The van der Waals surface area contributed by atoms with Gasteiger partial charge in [-0.15, -0.1) is 0 Å². The molecule has 2 N–H and O–H groups in total. The van der Waals surface area contributed by atoms with Crippen molar-refractivity contribution in [3.63, 3.8) is 0 Å². The van der Waals surface area contributed by atoms with Crippen LogP contribution in [-0.2, 0) is 6.42 Å². The molecule has 1 aromatic carbocycles. The summed E-state index contributed by atoms with van der Waals surface area (Å²) < 4.78 is 5.18. The molecule has 1 aromatic heterocycles. The highest BCUT2D eigenvalue weighted by Crippen LogP contribution is 2.20. The normalized spacial score (nSPS) is 10.7. The van der Waals surface area contributed by atoms with Gasteiger partial charge in [0.15, 0.2) is 5.82 Å². The molecule has 2 rings (SSSR count). The molecule has 0 fully saturated rings. The molecule has 16 heavy (non-hydrogen) atoms. The summed E-state index contributed by atoms with van der Waals surface area (Å²) in [5, 5.41) is 3.87. The Morgan fingerprint density at radius 2 is 2.06 bits per heavy atom. The van der Waals surface area contributed by atoms with Crippen molar-refractivity contribution in [1.29, 1.82) is 0 Å². The van der Waals surface area contributed by atoms with E-state index >= 15 is 0 Å². The summed E-state index contributed by atoms with van der Waals surface area (Å²) in [7, 11) is 0. The third-order valence-corrected chi connectivity index (χ3v) is 2.59. The fourth-order valence-electron chi connectivity index (χ4n) is 1.48. The highest BCUT2D eigenvalue weighted by atomic mass is 16.5. The Hall–Kier alpha value is -1.68. The van der Waals surface area contributed by atoms with E-state index in [0.717, 1.165) is 5.56 Å². The molecular weight excluding hydrogens is 202 g/mol. The molecule has 2 aromatic rings. The molecule has 0 amide bonds. The van der Waals surface area contributed by atoms with E-state index in [4.69, 9.17) is 10.3 Å². The monoisotopic (exact) mass is 217 g/mol. The van der Waals surface area contributed by atoms with Crippen molar-refractivity contribution in [1.82, 2.24) is 10.1 Å². The van der Waals surface area contributed by atoms with Crippen molar-refractivity contribution >= 4 is 0 Å². The largest absolute Gasteiger partial charge is 0.334 e. The van der Waals surface area contributed by atoms with Crippen LogP contribution in [0.2, 0.25) is 0 Å². The first-order valence-electron chi connectivity index (χ1n) is 5.31. The van der Waals surface area contributed by atoms with Crippen molar-refractivity contribution in [2.75, 3.05) is 6.54 Å². The Morgan fingerprint density at radius 3 is 2.75 bits per heavy atom. The Bertz CT molecular complexity index is 491. The average Bonchev–Trinajstić information content (AvgIpc) is 2.71. The lowest BCUT2D eigenvalue weighted by Gasteiger charge is -2.00. The Kier molecular flexibility index (Phi) is 3.01. The van der Waals surface area contributed by atoms with Gasteiger partial charge in [-0.3, -0.25) is 0 Å². The lowest BCUT2D eigenvalue weighted by molar-refractivity contribution is 0.422. The van der Waals surface area contributed by atoms with Crippen LogP contribution >= 0.6 is 0 Å². The lowest BCUT2D eigenvalue weighted by Crippen LogP contribution is -2.03. The number of benzene rings is 1. The summed E-state index contributed by atoms with van der Waals surface area (Å²) in [6, 6.07) is 6.09. The zero-order valence-corrected chi connectivity index (χ0v) is 9.53. The number of nitrogens with zero attached hydrogens (tertiary/aromatic N) is 2. The minimum absolute atomic E-state index is 0.534. The third-order valence-electron chi connectivity index (χ3n) is 2.59. The van der Waals surface area contributed by atoms with Crippen LogP contribution in [0.3, 0.4) is 0 Å². The van der Waals surface area contributed by atoms with E-state index in [1.165, 1.54) is 11.1 Å². The summed E-state index contributed by atoms with van der Waals surface area (Å²) in [6.07, 6.45) is 0.647. The maximum absolute atomic E-state index is 5.43. The van der Waals surface area contributed by atoms with Crippen LogP contribution in [0.25, 0.3) is 11.5 Å². The van der Waals surface area contributed by atoms with E-state index in [-0.39, 0.29) is 0 Å². The molecule has 1 heterocycles. The minimum atomic E-state index is 0.534. The molecule has 4 heteroatoms. The van der Waals surface area contributed by atoms with E-state index in [9.17, 15) is 0 Å². The minimum Gasteiger partial charge on any atom is -0.334 e. The molecular formula is C12H15N3O. The second kappa shape index (κ2) is 4.45. The molecule has 0 spiro atoms. The fraction of sp³-hybridized carbons (Fsp3) is 0.333. The molecule has 84 valence electrons. The molecule has 0 saturated carbocycles.